The molecule has 0 saturated carbocycles. The molecule has 0 saturated heterocycles. The first-order chi connectivity index (χ1) is 36.0. The molecule has 11 rings (SSSR count). The highest BCUT2D eigenvalue weighted by molar-refractivity contribution is 6.07. The molecule has 0 aliphatic heterocycles. The second kappa shape index (κ2) is 19.1. The molecule has 75 heavy (non-hydrogen) atoms. The summed E-state index contributed by atoms with van der Waals surface area (Å²) in [6.07, 6.45) is 3.84. The predicted molar refractivity (Wildman–Crippen MR) is 315 cm³/mol. The molecule has 8 aromatic carbocycles. The van der Waals surface area contributed by atoms with E-state index >= 15 is 0 Å². The quantitative estimate of drug-likeness (QED) is 0.112. The Balaban J connectivity index is 1.07. The molecule has 0 atom stereocenters. The van der Waals surface area contributed by atoms with Crippen molar-refractivity contribution in [3.63, 3.8) is 0 Å². The number of pyridine rings is 2. The summed E-state index contributed by atoms with van der Waals surface area (Å²) in [5, 5.41) is 2.38. The summed E-state index contributed by atoms with van der Waals surface area (Å²) in [5.74, 6) is 0. The van der Waals surface area contributed by atoms with Crippen LogP contribution in [0.2, 0.25) is 0 Å². The van der Waals surface area contributed by atoms with Crippen LogP contribution in [0.3, 0.4) is 0 Å². The largest absolute Gasteiger partial charge is 0.422 e. The van der Waals surface area contributed by atoms with Gasteiger partial charge in [0.15, 0.2) is 0 Å². The van der Waals surface area contributed by atoms with Crippen LogP contribution in [0.25, 0.3) is 111 Å². The van der Waals surface area contributed by atoms with Crippen molar-refractivity contribution in [3.8, 4) is 89.3 Å². The van der Waals surface area contributed by atoms with Gasteiger partial charge in [-0.25, -0.2) is 4.79 Å². The summed E-state index contributed by atoms with van der Waals surface area (Å²) in [6.45, 7) is 20.0. The summed E-state index contributed by atoms with van der Waals surface area (Å²) in [6, 6.07) is 71.8. The van der Waals surface area contributed by atoms with Gasteiger partial charge in [0.1, 0.15) is 5.58 Å². The molecule has 0 amide bonds. The molecule has 3 aromatic heterocycles. The van der Waals surface area contributed by atoms with Gasteiger partial charge in [0.25, 0.3) is 0 Å². The van der Waals surface area contributed by atoms with Crippen molar-refractivity contribution < 1.29 is 4.42 Å². The third-order valence-electron chi connectivity index (χ3n) is 14.8. The highest BCUT2D eigenvalue weighted by Gasteiger charge is 2.21. The van der Waals surface area contributed by atoms with Crippen molar-refractivity contribution in [3.05, 3.63) is 240 Å². The molecular weight excluding hydrogens is 913 g/mol. The predicted octanol–water partition coefficient (Wildman–Crippen LogP) is 19.0. The number of nitrogens with zero attached hydrogens (tertiary/aromatic N) is 2. The summed E-state index contributed by atoms with van der Waals surface area (Å²) < 4.78 is 5.90. The lowest BCUT2D eigenvalue weighted by atomic mass is 9.85. The topological polar surface area (TPSA) is 56.0 Å². The van der Waals surface area contributed by atoms with Gasteiger partial charge in [-0.2, -0.15) is 0 Å². The van der Waals surface area contributed by atoms with E-state index in [1.54, 1.807) is 0 Å². The van der Waals surface area contributed by atoms with E-state index in [4.69, 9.17) is 14.4 Å². The maximum atomic E-state index is 13.5. The molecule has 0 radical (unpaired) electrons. The summed E-state index contributed by atoms with van der Waals surface area (Å²) >= 11 is 0. The summed E-state index contributed by atoms with van der Waals surface area (Å²) in [4.78, 5) is 23.1. The number of hydrogen-bond acceptors (Lipinski definition) is 4. The lowest BCUT2D eigenvalue weighted by molar-refractivity contribution is 0.566. The lowest BCUT2D eigenvalue weighted by Crippen LogP contribution is -2.11. The zero-order valence-corrected chi connectivity index (χ0v) is 44.4. The maximum absolute atomic E-state index is 13.5. The monoisotopic (exact) mass is 974 g/mol. The van der Waals surface area contributed by atoms with Crippen LogP contribution < -0.4 is 5.63 Å². The minimum absolute atomic E-state index is 0.0194. The van der Waals surface area contributed by atoms with Crippen molar-refractivity contribution in [2.75, 3.05) is 0 Å². The molecule has 368 valence electrons. The molecule has 4 heteroatoms. The summed E-state index contributed by atoms with van der Waals surface area (Å²) in [7, 11) is 0. The second-order valence-electron chi connectivity index (χ2n) is 23.1. The van der Waals surface area contributed by atoms with Crippen molar-refractivity contribution >= 4 is 21.7 Å². The van der Waals surface area contributed by atoms with Gasteiger partial charge in [-0.3, -0.25) is 9.97 Å². The molecule has 0 spiro atoms. The molecule has 3 heterocycles. The Labute approximate surface area is 441 Å². The highest BCUT2D eigenvalue weighted by Crippen LogP contribution is 2.44. The van der Waals surface area contributed by atoms with Crippen LogP contribution in [0.5, 0.6) is 0 Å². The average molecular weight is 975 g/mol. The number of benzene rings is 8. The third kappa shape index (κ3) is 9.77. The molecule has 0 unspecified atom stereocenters. The number of rotatable bonds is 8. The van der Waals surface area contributed by atoms with Gasteiger partial charge in [-0.1, -0.05) is 196 Å². The van der Waals surface area contributed by atoms with E-state index in [0.29, 0.717) is 11.0 Å². The normalized spacial score (nSPS) is 12.1. The molecule has 0 bridgehead atoms. The van der Waals surface area contributed by atoms with Gasteiger partial charge in [-0.15, -0.1) is 0 Å². The molecule has 4 nitrogen and oxygen atoms in total. The standard InChI is InChI=1S/C71H62N2O2/c1-69(2,3)53-31-33-67-64(42-53)63-41-49(30-32-62(63)68(74)75-67)58-18-12-15-21-61(58)52-39-50(59-19-13-10-16-56(59)45-22-26-47(27-23-45)65-43-54(34-36-72-65)70(4,5)6)38-51(40-52)60-20-14-11-17-57(60)46-24-28-48(29-25-46)66-44-55(35-37-73-66)71(7,8)9/h10-44H,1-9H3. The van der Waals surface area contributed by atoms with Gasteiger partial charge in [0, 0.05) is 34.3 Å². The van der Waals surface area contributed by atoms with Gasteiger partial charge in [-0.05, 0) is 166 Å². The Bertz CT molecular complexity index is 3850. The lowest BCUT2D eigenvalue weighted by Gasteiger charge is -2.20. The first-order valence-corrected chi connectivity index (χ1v) is 26.1. The van der Waals surface area contributed by atoms with Crippen LogP contribution in [0.1, 0.15) is 79.0 Å². The van der Waals surface area contributed by atoms with Crippen LogP contribution in [0.15, 0.2) is 222 Å². The second-order valence-corrected chi connectivity index (χ2v) is 23.1. The van der Waals surface area contributed by atoms with Crippen molar-refractivity contribution in [1.82, 2.24) is 9.97 Å². The van der Waals surface area contributed by atoms with Crippen LogP contribution in [0, 0.1) is 0 Å². The molecule has 0 aliphatic carbocycles. The zero-order chi connectivity index (χ0) is 52.2. The highest BCUT2D eigenvalue weighted by atomic mass is 16.4. The van der Waals surface area contributed by atoms with Gasteiger partial charge < -0.3 is 4.42 Å². The number of aromatic nitrogens is 2. The Morgan fingerprint density at radius 3 is 1.08 bits per heavy atom. The SMILES string of the molecule is CC(C)(C)c1ccnc(-c2ccc(-c3ccccc3-c3cc(-c4ccccc4-c4ccc(-c5cc(C(C)(C)C)ccn5)cc4)cc(-c4ccccc4-c4ccc5c(=O)oc6ccc(C(C)(C)C)cc6c5c4)c3)cc2)c1. The van der Waals surface area contributed by atoms with Gasteiger partial charge in [0.2, 0.25) is 0 Å². The molecular formula is C71H62N2O2. The van der Waals surface area contributed by atoms with Gasteiger partial charge in [0.05, 0.1) is 16.8 Å². The van der Waals surface area contributed by atoms with Gasteiger partial charge >= 0.3 is 5.63 Å². The van der Waals surface area contributed by atoms with Crippen LogP contribution in [-0.4, -0.2) is 9.97 Å². The minimum atomic E-state index is -0.336. The molecule has 11 aromatic rings. The van der Waals surface area contributed by atoms with Crippen molar-refractivity contribution in [2.45, 2.75) is 78.6 Å². The fraction of sp³-hybridized carbons (Fsp3) is 0.169. The first kappa shape index (κ1) is 48.8. The summed E-state index contributed by atoms with van der Waals surface area (Å²) in [5.41, 5.74) is 21.2. The first-order valence-electron chi connectivity index (χ1n) is 26.1. The Morgan fingerprint density at radius 1 is 0.307 bits per heavy atom. The molecule has 0 N–H and O–H groups in total. The Kier molecular flexibility index (Phi) is 12.4. The van der Waals surface area contributed by atoms with Crippen LogP contribution in [-0.2, 0) is 16.2 Å². The van der Waals surface area contributed by atoms with Crippen LogP contribution in [0.4, 0.5) is 0 Å². The Morgan fingerprint density at radius 2 is 0.667 bits per heavy atom. The van der Waals surface area contributed by atoms with E-state index in [1.807, 2.05) is 24.5 Å². The fourth-order valence-electron chi connectivity index (χ4n) is 10.4. The molecule has 0 fully saturated rings. The van der Waals surface area contributed by atoms with Crippen molar-refractivity contribution in [1.29, 1.82) is 0 Å². The third-order valence-corrected chi connectivity index (χ3v) is 14.8. The average Bonchev–Trinajstić information content (AvgIpc) is 3.43. The Hall–Kier alpha value is -8.47. The van der Waals surface area contributed by atoms with Crippen LogP contribution >= 0.6 is 0 Å². The van der Waals surface area contributed by atoms with E-state index in [-0.39, 0.29) is 21.9 Å². The smallest absolute Gasteiger partial charge is 0.344 e. The molecule has 0 aliphatic rings. The van der Waals surface area contributed by atoms with Crippen molar-refractivity contribution in [2.24, 2.45) is 0 Å². The van der Waals surface area contributed by atoms with E-state index in [0.717, 1.165) is 100 Å². The van der Waals surface area contributed by atoms with E-state index in [1.165, 1.54) is 16.7 Å². The number of hydrogen-bond donors (Lipinski definition) is 0. The van der Waals surface area contributed by atoms with E-state index in [2.05, 4.69) is 250 Å². The zero-order valence-electron chi connectivity index (χ0n) is 44.4. The fourth-order valence-corrected chi connectivity index (χ4v) is 10.4. The number of fused-ring (bicyclic) bond motifs is 3. The van der Waals surface area contributed by atoms with E-state index < -0.39 is 0 Å². The maximum Gasteiger partial charge on any atom is 0.344 e. The van der Waals surface area contributed by atoms with E-state index in [9.17, 15) is 4.79 Å². The minimum Gasteiger partial charge on any atom is -0.422 e.